The Kier molecular flexibility index (Phi) is 11.2. The molecule has 0 saturated heterocycles. The van der Waals surface area contributed by atoms with E-state index in [2.05, 4.69) is 0 Å². The predicted molar refractivity (Wildman–Crippen MR) is 110 cm³/mol. The molecule has 2 rings (SSSR count). The summed E-state index contributed by atoms with van der Waals surface area (Å²) in [6, 6.07) is 0. The van der Waals surface area contributed by atoms with Gasteiger partial charge < -0.3 is 10.2 Å². The lowest BCUT2D eigenvalue weighted by Crippen LogP contribution is -2.50. The number of alkyl halides is 6. The van der Waals surface area contributed by atoms with E-state index in [1.807, 2.05) is 6.92 Å². The second-order valence-corrected chi connectivity index (χ2v) is 10.3. The highest BCUT2D eigenvalue weighted by Crippen LogP contribution is 2.43. The van der Waals surface area contributed by atoms with E-state index in [0.717, 1.165) is 24.3 Å². The van der Waals surface area contributed by atoms with Crippen LogP contribution in [0.5, 0.6) is 0 Å². The Morgan fingerprint density at radius 3 is 1.21 bits per heavy atom. The van der Waals surface area contributed by atoms with E-state index in [1.54, 1.807) is 0 Å². The molecule has 8 nitrogen and oxygen atoms in total. The van der Waals surface area contributed by atoms with Crippen molar-refractivity contribution in [2.45, 2.75) is 54.1 Å². The van der Waals surface area contributed by atoms with Crippen LogP contribution in [0, 0.1) is 0 Å². The fourth-order valence-corrected chi connectivity index (χ4v) is 4.13. The third kappa shape index (κ3) is 7.64. The van der Waals surface area contributed by atoms with Gasteiger partial charge in [-0.15, -0.1) is 0 Å². The first kappa shape index (κ1) is 32.3. The van der Waals surface area contributed by atoms with Crippen LogP contribution in [0.25, 0.3) is 0 Å². The van der Waals surface area contributed by atoms with Gasteiger partial charge >= 0.3 is 12.4 Å². The van der Waals surface area contributed by atoms with Crippen LogP contribution >= 0.6 is 0 Å². The topological polar surface area (TPSA) is 149 Å². The van der Waals surface area contributed by atoms with Crippen LogP contribution in [0.3, 0.4) is 0 Å². The number of rotatable bonds is 4. The summed E-state index contributed by atoms with van der Waals surface area (Å²) in [5.41, 5.74) is 0. The molecule has 4 N–H and O–H groups in total. The van der Waals surface area contributed by atoms with Gasteiger partial charge in [-0.25, -0.2) is 0 Å². The van der Waals surface area contributed by atoms with Crippen molar-refractivity contribution in [2.75, 3.05) is 6.61 Å². The molecule has 3 atom stereocenters. The van der Waals surface area contributed by atoms with Crippen molar-refractivity contribution in [3.63, 3.8) is 0 Å². The quantitative estimate of drug-likeness (QED) is 0.310. The Hall–Kier alpha value is -1.72. The maximum absolute atomic E-state index is 12.5. The molecule has 2 aliphatic rings. The molecule has 2 aliphatic carbocycles. The van der Waals surface area contributed by atoms with Gasteiger partial charge in [0.05, 0.1) is 12.7 Å². The Balaban J connectivity index is 0.000000521. The van der Waals surface area contributed by atoms with Crippen molar-refractivity contribution in [3.8, 4) is 0 Å². The minimum absolute atomic E-state index is 0.115. The standard InChI is InChI=1S/2C7H7F3O3S.C4H10O2/c2*8-7(9,10)6(14(11,12)13)4-2-1-3-5-6;1-2-4(6)3-5/h2*1-4H,5H2,(H,11,12,13);4-6H,2-3H2,1H3. The molecule has 0 saturated carbocycles. The molecule has 0 radical (unpaired) electrons. The molecule has 0 amide bonds. The zero-order chi connectivity index (χ0) is 27.1. The lowest BCUT2D eigenvalue weighted by molar-refractivity contribution is -0.151. The molecule has 0 aromatic rings. The van der Waals surface area contributed by atoms with E-state index in [0.29, 0.717) is 18.6 Å². The minimum Gasteiger partial charge on any atom is -0.394 e. The van der Waals surface area contributed by atoms with Crippen molar-refractivity contribution < 1.29 is 62.5 Å². The average Bonchev–Trinajstić information content (AvgIpc) is 2.72. The third-order valence-electron chi connectivity index (χ3n) is 4.63. The first-order chi connectivity index (χ1) is 15.2. The van der Waals surface area contributed by atoms with Crippen LogP contribution in [0.1, 0.15) is 26.2 Å². The van der Waals surface area contributed by atoms with Gasteiger partial charge in [0, 0.05) is 12.8 Å². The predicted octanol–water partition coefficient (Wildman–Crippen LogP) is 3.13. The summed E-state index contributed by atoms with van der Waals surface area (Å²) in [4.78, 5) is 0. The van der Waals surface area contributed by atoms with E-state index in [1.165, 1.54) is 12.2 Å². The highest BCUT2D eigenvalue weighted by Gasteiger charge is 2.62. The number of aliphatic hydroxyl groups excluding tert-OH is 2. The van der Waals surface area contributed by atoms with Crippen molar-refractivity contribution >= 4 is 20.2 Å². The first-order valence-electron chi connectivity index (χ1n) is 9.27. The SMILES string of the molecule is CCC(O)CO.O=S(=O)(O)C1(C(F)(F)F)C=CC=CC1.O=S(=O)(O)C1(C(F)(F)F)C=CC=CC1. The summed E-state index contributed by atoms with van der Waals surface area (Å²) < 4.78 is 128. The van der Waals surface area contributed by atoms with Crippen molar-refractivity contribution in [2.24, 2.45) is 0 Å². The number of halogens is 6. The van der Waals surface area contributed by atoms with Crippen LogP contribution < -0.4 is 0 Å². The smallest absolute Gasteiger partial charge is 0.394 e. The highest BCUT2D eigenvalue weighted by molar-refractivity contribution is 7.87. The number of allylic oxidation sites excluding steroid dienone is 6. The molecule has 0 aromatic heterocycles. The fraction of sp³-hybridized carbons (Fsp3) is 0.556. The van der Waals surface area contributed by atoms with Crippen LogP contribution in [0.2, 0.25) is 0 Å². The average molecular weight is 547 g/mol. The van der Waals surface area contributed by atoms with E-state index >= 15 is 0 Å². The maximum atomic E-state index is 12.5. The monoisotopic (exact) mass is 546 g/mol. The van der Waals surface area contributed by atoms with Crippen molar-refractivity contribution in [1.29, 1.82) is 0 Å². The largest absolute Gasteiger partial charge is 0.414 e. The van der Waals surface area contributed by atoms with Crippen LogP contribution in [-0.2, 0) is 20.2 Å². The van der Waals surface area contributed by atoms with Gasteiger partial charge in [-0.3, -0.25) is 9.11 Å². The zero-order valence-corrected chi connectivity index (χ0v) is 19.2. The van der Waals surface area contributed by atoms with E-state index in [-0.39, 0.29) is 6.61 Å². The number of aliphatic hydroxyl groups is 2. The molecule has 16 heteroatoms. The third-order valence-corrected chi connectivity index (χ3v) is 7.54. The lowest BCUT2D eigenvalue weighted by atomic mass is 9.99. The van der Waals surface area contributed by atoms with E-state index < -0.39 is 61.0 Å². The number of hydrogen-bond acceptors (Lipinski definition) is 6. The summed E-state index contributed by atoms with van der Waals surface area (Å²) >= 11 is 0. The molecule has 0 fully saturated rings. The summed E-state index contributed by atoms with van der Waals surface area (Å²) in [6.07, 6.45) is -4.07. The maximum Gasteiger partial charge on any atom is 0.414 e. The Bertz CT molecular complexity index is 916. The molecule has 0 bridgehead atoms. The Labute approximate surface area is 192 Å². The van der Waals surface area contributed by atoms with Gasteiger partial charge in [0.1, 0.15) is 0 Å². The lowest BCUT2D eigenvalue weighted by Gasteiger charge is -2.29. The normalized spacial score (nSPS) is 25.6. The second-order valence-electron chi connectivity index (χ2n) is 6.95. The van der Waals surface area contributed by atoms with Crippen molar-refractivity contribution in [3.05, 3.63) is 48.6 Å². The van der Waals surface area contributed by atoms with Crippen LogP contribution in [0.4, 0.5) is 26.3 Å². The minimum atomic E-state index is -5.21. The van der Waals surface area contributed by atoms with Crippen molar-refractivity contribution in [1.82, 2.24) is 0 Å². The van der Waals surface area contributed by atoms with Gasteiger partial charge in [0.25, 0.3) is 20.2 Å². The van der Waals surface area contributed by atoms with E-state index in [4.69, 9.17) is 19.3 Å². The highest BCUT2D eigenvalue weighted by atomic mass is 32.2. The molecular formula is C18H24F6O8S2. The molecule has 198 valence electrons. The van der Waals surface area contributed by atoms with Gasteiger partial charge in [0.2, 0.25) is 9.49 Å². The molecular weight excluding hydrogens is 522 g/mol. The number of hydrogen-bond donors (Lipinski definition) is 4. The molecule has 0 aromatic carbocycles. The van der Waals surface area contributed by atoms with Gasteiger partial charge in [-0.1, -0.05) is 55.5 Å². The van der Waals surface area contributed by atoms with Crippen LogP contribution in [-0.4, -0.2) is 70.7 Å². The van der Waals surface area contributed by atoms with Gasteiger partial charge in [-0.05, 0) is 6.42 Å². The summed E-state index contributed by atoms with van der Waals surface area (Å²) in [7, 11) is -10.4. The summed E-state index contributed by atoms with van der Waals surface area (Å²) in [6.45, 7) is 1.71. The van der Waals surface area contributed by atoms with Gasteiger partial charge in [-0.2, -0.15) is 43.2 Å². The first-order valence-corrected chi connectivity index (χ1v) is 12.2. The summed E-state index contributed by atoms with van der Waals surface area (Å²) in [5.74, 6) is 0. The van der Waals surface area contributed by atoms with E-state index in [9.17, 15) is 43.2 Å². The molecule has 0 aliphatic heterocycles. The molecule has 0 spiro atoms. The second kappa shape index (κ2) is 11.8. The Morgan fingerprint density at radius 2 is 1.12 bits per heavy atom. The zero-order valence-electron chi connectivity index (χ0n) is 17.5. The summed E-state index contributed by atoms with van der Waals surface area (Å²) in [5, 5.41) is 16.5. The fourth-order valence-electron chi connectivity index (χ4n) is 2.43. The molecule has 34 heavy (non-hydrogen) atoms. The van der Waals surface area contributed by atoms with Crippen LogP contribution in [0.15, 0.2) is 48.6 Å². The molecule has 0 heterocycles. The Morgan fingerprint density at radius 1 is 0.794 bits per heavy atom. The molecule has 3 unspecified atom stereocenters. The van der Waals surface area contributed by atoms with Gasteiger partial charge in [0.15, 0.2) is 0 Å².